The monoisotopic (exact) mass is 368 g/mol. The van der Waals surface area contributed by atoms with Gasteiger partial charge in [0.05, 0.1) is 11.9 Å². The Balaban J connectivity index is 1.75. The van der Waals surface area contributed by atoms with Gasteiger partial charge in [-0.2, -0.15) is 0 Å². The van der Waals surface area contributed by atoms with Crippen LogP contribution in [0.5, 0.6) is 0 Å². The van der Waals surface area contributed by atoms with Crippen molar-refractivity contribution in [3.63, 3.8) is 0 Å². The second-order valence-electron chi connectivity index (χ2n) is 6.60. The van der Waals surface area contributed by atoms with Gasteiger partial charge in [0.1, 0.15) is 0 Å². The Bertz CT molecular complexity index is 1000. The van der Waals surface area contributed by atoms with Crippen LogP contribution in [0.4, 0.5) is 11.4 Å². The highest BCUT2D eigenvalue weighted by molar-refractivity contribution is 7.92. The van der Waals surface area contributed by atoms with Crippen LogP contribution < -0.4 is 9.21 Å². The van der Waals surface area contributed by atoms with E-state index >= 15 is 0 Å². The lowest BCUT2D eigenvalue weighted by molar-refractivity contribution is 0.600. The number of nitrogens with zero attached hydrogens (tertiary/aromatic N) is 2. The number of likely N-dealkylation sites (N-methyl/N-ethyl adjacent to an activating group) is 1. The van der Waals surface area contributed by atoms with Crippen molar-refractivity contribution in [3.8, 4) is 0 Å². The van der Waals surface area contributed by atoms with Gasteiger partial charge in [0.15, 0.2) is 0 Å². The normalized spacial score (nSPS) is 11.5. The van der Waals surface area contributed by atoms with Crippen LogP contribution in [-0.4, -0.2) is 35.3 Å². The molecule has 4 nitrogen and oxygen atoms in total. The maximum absolute atomic E-state index is 11.7. The van der Waals surface area contributed by atoms with E-state index in [4.69, 9.17) is 0 Å². The molecule has 5 heteroatoms. The summed E-state index contributed by atoms with van der Waals surface area (Å²) in [6.45, 7) is 0.935. The first-order chi connectivity index (χ1) is 12.3. The van der Waals surface area contributed by atoms with Crippen LogP contribution in [0.2, 0.25) is 0 Å². The van der Waals surface area contributed by atoms with Gasteiger partial charge in [0.25, 0.3) is 0 Å². The van der Waals surface area contributed by atoms with Crippen molar-refractivity contribution >= 4 is 32.2 Å². The lowest BCUT2D eigenvalue weighted by Gasteiger charge is -2.19. The van der Waals surface area contributed by atoms with Crippen molar-refractivity contribution in [2.75, 3.05) is 36.1 Å². The summed E-state index contributed by atoms with van der Waals surface area (Å²) in [5, 5.41) is 2.16. The van der Waals surface area contributed by atoms with Gasteiger partial charge in [-0.15, -0.1) is 0 Å². The summed E-state index contributed by atoms with van der Waals surface area (Å²) in [6.07, 6.45) is 2.16. The number of benzene rings is 3. The standard InChI is InChI=1S/C21H24N2O2S/c1-22(20-7-5-4-6-8-20)14-13-17-9-10-19-16-21(12-11-18(19)15-17)23(2)26(3,24)25/h4-12,15-16H,13-14H2,1-3H3. The molecular formula is C21H24N2O2S. The molecule has 0 aliphatic heterocycles. The average Bonchev–Trinajstić information content (AvgIpc) is 2.65. The van der Waals surface area contributed by atoms with E-state index < -0.39 is 10.0 Å². The van der Waals surface area contributed by atoms with E-state index in [2.05, 4.69) is 42.3 Å². The number of rotatable bonds is 6. The Labute approximate surface area is 155 Å². The van der Waals surface area contributed by atoms with E-state index in [0.717, 1.165) is 23.7 Å². The number of para-hydroxylation sites is 1. The molecule has 0 saturated heterocycles. The van der Waals surface area contributed by atoms with Crippen molar-refractivity contribution in [3.05, 3.63) is 72.3 Å². The molecule has 0 aromatic heterocycles. The molecule has 0 aliphatic rings. The van der Waals surface area contributed by atoms with Crippen LogP contribution in [0.15, 0.2) is 66.7 Å². The lowest BCUT2D eigenvalue weighted by Crippen LogP contribution is -2.24. The molecule has 3 aromatic rings. The summed E-state index contributed by atoms with van der Waals surface area (Å²) in [4.78, 5) is 2.24. The van der Waals surface area contributed by atoms with Crippen molar-refractivity contribution in [2.45, 2.75) is 6.42 Å². The first-order valence-corrected chi connectivity index (χ1v) is 10.4. The number of hydrogen-bond donors (Lipinski definition) is 0. The maximum Gasteiger partial charge on any atom is 0.231 e. The minimum atomic E-state index is -3.25. The fraction of sp³-hybridized carbons (Fsp3) is 0.238. The van der Waals surface area contributed by atoms with Crippen molar-refractivity contribution in [1.82, 2.24) is 0 Å². The summed E-state index contributed by atoms with van der Waals surface area (Å²) >= 11 is 0. The molecule has 0 heterocycles. The molecular weight excluding hydrogens is 344 g/mol. The molecule has 0 N–H and O–H groups in total. The number of anilines is 2. The van der Waals surface area contributed by atoms with Crippen LogP contribution in [0, 0.1) is 0 Å². The van der Waals surface area contributed by atoms with Crippen LogP contribution in [-0.2, 0) is 16.4 Å². The Morgan fingerprint density at radius 3 is 2.15 bits per heavy atom. The van der Waals surface area contributed by atoms with E-state index in [1.807, 2.05) is 36.4 Å². The highest BCUT2D eigenvalue weighted by Crippen LogP contribution is 2.24. The van der Waals surface area contributed by atoms with E-state index in [1.54, 1.807) is 7.05 Å². The Morgan fingerprint density at radius 2 is 1.46 bits per heavy atom. The molecule has 136 valence electrons. The summed E-state index contributed by atoms with van der Waals surface area (Å²) in [6, 6.07) is 22.4. The fourth-order valence-electron chi connectivity index (χ4n) is 2.93. The van der Waals surface area contributed by atoms with Gasteiger partial charge in [-0.1, -0.05) is 42.5 Å². The number of sulfonamides is 1. The van der Waals surface area contributed by atoms with Gasteiger partial charge in [0.2, 0.25) is 10.0 Å². The van der Waals surface area contributed by atoms with Crippen molar-refractivity contribution in [2.24, 2.45) is 0 Å². The molecule has 0 saturated carbocycles. The van der Waals surface area contributed by atoms with Gasteiger partial charge < -0.3 is 4.90 Å². The molecule has 0 radical (unpaired) electrons. The minimum Gasteiger partial charge on any atom is -0.374 e. The van der Waals surface area contributed by atoms with Crippen molar-refractivity contribution in [1.29, 1.82) is 0 Å². The third-order valence-electron chi connectivity index (χ3n) is 4.68. The zero-order valence-electron chi connectivity index (χ0n) is 15.4. The second kappa shape index (κ2) is 7.38. The highest BCUT2D eigenvalue weighted by Gasteiger charge is 2.12. The van der Waals surface area contributed by atoms with E-state index in [9.17, 15) is 8.42 Å². The Morgan fingerprint density at radius 1 is 0.808 bits per heavy atom. The smallest absolute Gasteiger partial charge is 0.231 e. The van der Waals surface area contributed by atoms with Crippen LogP contribution >= 0.6 is 0 Å². The van der Waals surface area contributed by atoms with Gasteiger partial charge in [-0.05, 0) is 47.0 Å². The third kappa shape index (κ3) is 4.17. The largest absolute Gasteiger partial charge is 0.374 e. The summed E-state index contributed by atoms with van der Waals surface area (Å²) in [7, 11) is 0.425. The Kier molecular flexibility index (Phi) is 5.18. The third-order valence-corrected chi connectivity index (χ3v) is 5.89. The lowest BCUT2D eigenvalue weighted by atomic mass is 10.0. The van der Waals surface area contributed by atoms with Crippen LogP contribution in [0.3, 0.4) is 0 Å². The summed E-state index contributed by atoms with van der Waals surface area (Å²) in [5.41, 5.74) is 3.16. The number of fused-ring (bicyclic) bond motifs is 1. The van der Waals surface area contributed by atoms with E-state index in [0.29, 0.717) is 5.69 Å². The molecule has 0 aliphatic carbocycles. The van der Waals surface area contributed by atoms with Crippen molar-refractivity contribution < 1.29 is 8.42 Å². The fourth-order valence-corrected chi connectivity index (χ4v) is 3.43. The van der Waals surface area contributed by atoms with Gasteiger partial charge in [-0.3, -0.25) is 4.31 Å². The molecule has 0 atom stereocenters. The highest BCUT2D eigenvalue weighted by atomic mass is 32.2. The molecule has 0 fully saturated rings. The second-order valence-corrected chi connectivity index (χ2v) is 8.62. The summed E-state index contributed by atoms with van der Waals surface area (Å²) in [5.74, 6) is 0. The van der Waals surface area contributed by atoms with Crippen LogP contribution in [0.25, 0.3) is 10.8 Å². The summed E-state index contributed by atoms with van der Waals surface area (Å²) < 4.78 is 24.7. The van der Waals surface area contributed by atoms with Gasteiger partial charge in [0, 0.05) is 26.3 Å². The van der Waals surface area contributed by atoms with Gasteiger partial charge >= 0.3 is 0 Å². The maximum atomic E-state index is 11.7. The molecule has 0 unspecified atom stereocenters. The zero-order chi connectivity index (χ0) is 18.7. The van der Waals surface area contributed by atoms with E-state index in [1.165, 1.54) is 21.8 Å². The topological polar surface area (TPSA) is 40.6 Å². The van der Waals surface area contributed by atoms with Gasteiger partial charge in [-0.25, -0.2) is 8.42 Å². The molecule has 3 rings (SSSR count). The molecule has 3 aromatic carbocycles. The molecule has 0 bridgehead atoms. The van der Waals surface area contributed by atoms with Crippen LogP contribution in [0.1, 0.15) is 5.56 Å². The Hall–Kier alpha value is -2.53. The zero-order valence-corrected chi connectivity index (χ0v) is 16.2. The molecule has 0 amide bonds. The molecule has 0 spiro atoms. The molecule has 26 heavy (non-hydrogen) atoms. The first kappa shape index (κ1) is 18.3. The quantitative estimate of drug-likeness (QED) is 0.662. The SMILES string of the molecule is CN(CCc1ccc2cc(N(C)S(C)(=O)=O)ccc2c1)c1ccccc1. The first-order valence-electron chi connectivity index (χ1n) is 8.57. The van der Waals surface area contributed by atoms with E-state index in [-0.39, 0.29) is 0 Å². The average molecular weight is 369 g/mol. The predicted octanol–water partition coefficient (Wildman–Crippen LogP) is 3.91. The predicted molar refractivity (Wildman–Crippen MR) is 111 cm³/mol. The minimum absolute atomic E-state index is 0.677. The number of hydrogen-bond acceptors (Lipinski definition) is 3.